The van der Waals surface area contributed by atoms with Crippen molar-refractivity contribution in [2.75, 3.05) is 6.61 Å². The van der Waals surface area contributed by atoms with E-state index in [-0.39, 0.29) is 24.4 Å². The molecule has 0 aliphatic heterocycles. The topological polar surface area (TPSA) is 38.3 Å². The third-order valence-corrected chi connectivity index (χ3v) is 4.78. The van der Waals surface area contributed by atoms with Crippen molar-refractivity contribution in [2.24, 2.45) is 0 Å². The summed E-state index contributed by atoms with van der Waals surface area (Å²) >= 11 is 3.50. The molecule has 5 heteroatoms. The highest BCUT2D eigenvalue weighted by molar-refractivity contribution is 9.10. The Morgan fingerprint density at radius 1 is 1.22 bits per heavy atom. The first-order chi connectivity index (χ1) is 10.9. The van der Waals surface area contributed by atoms with Gasteiger partial charge in [0.2, 0.25) is 0 Å². The van der Waals surface area contributed by atoms with Crippen molar-refractivity contribution in [1.82, 2.24) is 5.32 Å². The summed E-state index contributed by atoms with van der Waals surface area (Å²) in [7, 11) is 0. The van der Waals surface area contributed by atoms with Gasteiger partial charge in [0.15, 0.2) is 6.61 Å². The van der Waals surface area contributed by atoms with Crippen molar-refractivity contribution < 1.29 is 13.9 Å². The quantitative estimate of drug-likeness (QED) is 0.832. The molecule has 0 unspecified atom stereocenters. The number of amides is 1. The molecule has 0 radical (unpaired) electrons. The molecule has 0 saturated heterocycles. The Labute approximate surface area is 144 Å². The first-order valence-corrected chi connectivity index (χ1v) is 8.10. The van der Waals surface area contributed by atoms with Gasteiger partial charge in [-0.2, -0.15) is 0 Å². The fourth-order valence-electron chi connectivity index (χ4n) is 2.26. The van der Waals surface area contributed by atoms with Crippen LogP contribution in [-0.4, -0.2) is 12.5 Å². The Kier molecular flexibility index (Phi) is 5.77. The number of hydrogen-bond donors (Lipinski definition) is 1. The molecule has 0 aliphatic carbocycles. The van der Waals surface area contributed by atoms with E-state index in [1.165, 1.54) is 12.1 Å². The number of rotatable bonds is 5. The lowest BCUT2D eigenvalue weighted by Gasteiger charge is -2.15. The van der Waals surface area contributed by atoms with Crippen LogP contribution in [0.3, 0.4) is 0 Å². The van der Waals surface area contributed by atoms with Crippen molar-refractivity contribution in [3.63, 3.8) is 0 Å². The molecular weight excluding hydrogens is 361 g/mol. The van der Waals surface area contributed by atoms with Gasteiger partial charge in [-0.05, 0) is 61.7 Å². The van der Waals surface area contributed by atoms with Crippen LogP contribution in [0.5, 0.6) is 5.75 Å². The number of nitrogens with one attached hydrogen (secondary N) is 1. The van der Waals surface area contributed by atoms with Gasteiger partial charge in [0.1, 0.15) is 11.6 Å². The van der Waals surface area contributed by atoms with Gasteiger partial charge < -0.3 is 10.1 Å². The maximum Gasteiger partial charge on any atom is 0.258 e. The fraction of sp³-hybridized carbons (Fsp3) is 0.278. The van der Waals surface area contributed by atoms with Gasteiger partial charge >= 0.3 is 0 Å². The van der Waals surface area contributed by atoms with E-state index in [1.807, 2.05) is 32.9 Å². The summed E-state index contributed by atoms with van der Waals surface area (Å²) in [6.45, 7) is 5.73. The first-order valence-electron chi connectivity index (χ1n) is 7.31. The molecule has 23 heavy (non-hydrogen) atoms. The van der Waals surface area contributed by atoms with Crippen LogP contribution in [0.1, 0.15) is 29.7 Å². The molecule has 0 bridgehead atoms. The molecule has 2 rings (SSSR count). The molecule has 1 atom stereocenters. The zero-order valence-corrected chi connectivity index (χ0v) is 14.9. The minimum absolute atomic E-state index is 0.0634. The summed E-state index contributed by atoms with van der Waals surface area (Å²) in [6, 6.07) is 9.62. The largest absolute Gasteiger partial charge is 0.484 e. The lowest BCUT2D eigenvalue weighted by molar-refractivity contribution is -0.123. The summed E-state index contributed by atoms with van der Waals surface area (Å²) in [4.78, 5) is 12.0. The number of ether oxygens (including phenoxy) is 1. The molecule has 2 aromatic rings. The molecule has 0 aliphatic rings. The summed E-state index contributed by atoms with van der Waals surface area (Å²) in [5, 5.41) is 2.83. The number of aryl methyl sites for hydroxylation is 2. The number of halogens is 2. The van der Waals surface area contributed by atoms with Crippen molar-refractivity contribution in [3.05, 3.63) is 63.4 Å². The first kappa shape index (κ1) is 17.5. The summed E-state index contributed by atoms with van der Waals surface area (Å²) < 4.78 is 19.5. The van der Waals surface area contributed by atoms with Gasteiger partial charge in [-0.1, -0.05) is 28.1 Å². The highest BCUT2D eigenvalue weighted by Gasteiger charge is 2.11. The summed E-state index contributed by atoms with van der Waals surface area (Å²) in [5.74, 6) is 0.143. The Morgan fingerprint density at radius 2 is 1.78 bits per heavy atom. The van der Waals surface area contributed by atoms with Crippen molar-refractivity contribution in [3.8, 4) is 5.75 Å². The Hall–Kier alpha value is -1.88. The van der Waals surface area contributed by atoms with Gasteiger partial charge in [-0.25, -0.2) is 4.39 Å². The van der Waals surface area contributed by atoms with E-state index in [9.17, 15) is 9.18 Å². The van der Waals surface area contributed by atoms with Crippen LogP contribution >= 0.6 is 15.9 Å². The van der Waals surface area contributed by atoms with Gasteiger partial charge in [0.05, 0.1) is 6.04 Å². The van der Waals surface area contributed by atoms with Crippen LogP contribution in [0.15, 0.2) is 40.9 Å². The molecule has 122 valence electrons. The average molecular weight is 380 g/mol. The van der Waals surface area contributed by atoms with E-state index in [4.69, 9.17) is 4.74 Å². The average Bonchev–Trinajstić information content (AvgIpc) is 2.51. The van der Waals surface area contributed by atoms with Gasteiger partial charge in [0, 0.05) is 4.47 Å². The molecular formula is C18H19BrFNO2. The second kappa shape index (κ2) is 7.59. The normalized spacial score (nSPS) is 11.9. The molecule has 2 aromatic carbocycles. The smallest absolute Gasteiger partial charge is 0.258 e. The van der Waals surface area contributed by atoms with Crippen LogP contribution in [0.4, 0.5) is 4.39 Å². The van der Waals surface area contributed by atoms with Gasteiger partial charge in [-0.3, -0.25) is 4.79 Å². The standard InChI is InChI=1S/C18H19BrFNO2/c1-11-8-16(9-12(2)18(11)19)23-10-17(22)21-13(3)14-4-6-15(20)7-5-14/h4-9,13H,10H2,1-3H3,(H,21,22)/t13-/m1/s1. The molecule has 1 amide bonds. The third-order valence-electron chi connectivity index (χ3n) is 3.53. The van der Waals surface area contributed by atoms with E-state index in [0.29, 0.717) is 5.75 Å². The van der Waals surface area contributed by atoms with E-state index in [1.54, 1.807) is 12.1 Å². The van der Waals surface area contributed by atoms with Crippen LogP contribution in [0, 0.1) is 19.7 Å². The van der Waals surface area contributed by atoms with Crippen molar-refractivity contribution in [2.45, 2.75) is 26.8 Å². The SMILES string of the molecule is Cc1cc(OCC(=O)N[C@H](C)c2ccc(F)cc2)cc(C)c1Br. The van der Waals surface area contributed by atoms with Crippen molar-refractivity contribution >= 4 is 21.8 Å². The van der Waals surface area contributed by atoms with Crippen LogP contribution < -0.4 is 10.1 Å². The number of benzene rings is 2. The van der Waals surface area contributed by atoms with E-state index in [2.05, 4.69) is 21.2 Å². The van der Waals surface area contributed by atoms with Crippen LogP contribution in [0.2, 0.25) is 0 Å². The van der Waals surface area contributed by atoms with E-state index < -0.39 is 0 Å². The Morgan fingerprint density at radius 3 is 2.35 bits per heavy atom. The van der Waals surface area contributed by atoms with Crippen molar-refractivity contribution in [1.29, 1.82) is 0 Å². The number of carbonyl (C=O) groups is 1. The summed E-state index contributed by atoms with van der Waals surface area (Å²) in [6.07, 6.45) is 0. The van der Waals surface area contributed by atoms with Crippen LogP contribution in [0.25, 0.3) is 0 Å². The maximum atomic E-state index is 12.9. The Bertz CT molecular complexity index is 678. The number of carbonyl (C=O) groups excluding carboxylic acids is 1. The third kappa shape index (κ3) is 4.79. The molecule has 0 fully saturated rings. The van der Waals surface area contributed by atoms with Crippen LogP contribution in [-0.2, 0) is 4.79 Å². The fourth-order valence-corrected chi connectivity index (χ4v) is 2.49. The molecule has 0 heterocycles. The maximum absolute atomic E-state index is 12.9. The van der Waals surface area contributed by atoms with E-state index in [0.717, 1.165) is 21.2 Å². The van der Waals surface area contributed by atoms with E-state index >= 15 is 0 Å². The Balaban J connectivity index is 1.91. The molecule has 0 aromatic heterocycles. The minimum atomic E-state index is -0.295. The highest BCUT2D eigenvalue weighted by Crippen LogP contribution is 2.26. The zero-order chi connectivity index (χ0) is 17.0. The predicted molar refractivity (Wildman–Crippen MR) is 92.1 cm³/mol. The zero-order valence-electron chi connectivity index (χ0n) is 13.3. The highest BCUT2D eigenvalue weighted by atomic mass is 79.9. The summed E-state index contributed by atoms with van der Waals surface area (Å²) in [5.41, 5.74) is 2.95. The molecule has 3 nitrogen and oxygen atoms in total. The minimum Gasteiger partial charge on any atom is -0.484 e. The second-order valence-corrected chi connectivity index (χ2v) is 6.29. The second-order valence-electron chi connectivity index (χ2n) is 5.50. The van der Waals surface area contributed by atoms with Gasteiger partial charge in [0.25, 0.3) is 5.91 Å². The predicted octanol–water partition coefficient (Wildman–Crippen LogP) is 4.46. The van der Waals surface area contributed by atoms with Gasteiger partial charge in [-0.15, -0.1) is 0 Å². The lowest BCUT2D eigenvalue weighted by atomic mass is 10.1. The number of hydrogen-bond acceptors (Lipinski definition) is 2. The lowest BCUT2D eigenvalue weighted by Crippen LogP contribution is -2.31. The molecule has 0 spiro atoms. The molecule has 0 saturated carbocycles. The molecule has 1 N–H and O–H groups in total. The monoisotopic (exact) mass is 379 g/mol.